The second kappa shape index (κ2) is 8.65. The topological polar surface area (TPSA) is 101 Å². The van der Waals surface area contributed by atoms with E-state index in [1.54, 1.807) is 0 Å². The zero-order chi connectivity index (χ0) is 20.0. The van der Waals surface area contributed by atoms with Gasteiger partial charge in [0.05, 0.1) is 4.92 Å². The zero-order valence-corrected chi connectivity index (χ0v) is 14.1. The van der Waals surface area contributed by atoms with E-state index in [0.717, 1.165) is 18.2 Å². The Morgan fingerprint density at radius 1 is 1.11 bits per heavy atom. The molecule has 2 rings (SSSR count). The van der Waals surface area contributed by atoms with Crippen LogP contribution in [0.3, 0.4) is 0 Å². The number of hydrogen-bond acceptors (Lipinski definition) is 4. The highest BCUT2D eigenvalue weighted by atomic mass is 19.2. The van der Waals surface area contributed by atoms with Crippen molar-refractivity contribution >= 4 is 23.6 Å². The Morgan fingerprint density at radius 3 is 2.33 bits per heavy atom. The van der Waals surface area contributed by atoms with Crippen molar-refractivity contribution in [3.05, 3.63) is 81.4 Å². The van der Waals surface area contributed by atoms with Gasteiger partial charge >= 0.3 is 0 Å². The van der Waals surface area contributed by atoms with Crippen LogP contribution in [-0.4, -0.2) is 23.8 Å². The van der Waals surface area contributed by atoms with Crippen molar-refractivity contribution in [2.75, 3.05) is 7.05 Å². The molecule has 140 valence electrons. The van der Waals surface area contributed by atoms with Crippen molar-refractivity contribution in [2.45, 2.75) is 6.04 Å². The van der Waals surface area contributed by atoms with E-state index in [0.29, 0.717) is 5.56 Å². The molecule has 9 heteroatoms. The summed E-state index contributed by atoms with van der Waals surface area (Å²) in [4.78, 5) is 34.1. The van der Waals surface area contributed by atoms with E-state index in [1.807, 2.05) is 0 Å². The van der Waals surface area contributed by atoms with Crippen molar-refractivity contribution in [1.29, 1.82) is 0 Å². The van der Waals surface area contributed by atoms with E-state index < -0.39 is 34.4 Å². The van der Waals surface area contributed by atoms with Crippen LogP contribution >= 0.6 is 0 Å². The third-order valence-electron chi connectivity index (χ3n) is 3.60. The molecule has 0 aliphatic carbocycles. The van der Waals surface area contributed by atoms with Crippen LogP contribution in [0.5, 0.6) is 0 Å². The summed E-state index contributed by atoms with van der Waals surface area (Å²) in [5, 5.41) is 15.3. The SMILES string of the molecule is CNC(=O)C(NC(=O)C=Cc1ccc([N+](=O)[O-])cc1)c1ccc(F)c(F)c1. The lowest BCUT2D eigenvalue weighted by Crippen LogP contribution is -2.38. The van der Waals surface area contributed by atoms with Crippen molar-refractivity contribution in [2.24, 2.45) is 0 Å². The van der Waals surface area contributed by atoms with Gasteiger partial charge < -0.3 is 10.6 Å². The van der Waals surface area contributed by atoms with Crippen molar-refractivity contribution in [1.82, 2.24) is 10.6 Å². The molecule has 0 saturated heterocycles. The first-order valence-corrected chi connectivity index (χ1v) is 7.71. The van der Waals surface area contributed by atoms with Crippen molar-refractivity contribution in [3.63, 3.8) is 0 Å². The monoisotopic (exact) mass is 375 g/mol. The molecular formula is C18H15F2N3O4. The molecule has 2 aromatic carbocycles. The molecule has 0 aliphatic rings. The molecule has 1 unspecified atom stereocenters. The smallest absolute Gasteiger partial charge is 0.269 e. The first-order valence-electron chi connectivity index (χ1n) is 7.71. The van der Waals surface area contributed by atoms with Gasteiger partial charge in [-0.25, -0.2) is 8.78 Å². The minimum absolute atomic E-state index is 0.0744. The molecule has 7 nitrogen and oxygen atoms in total. The number of rotatable bonds is 6. The quantitative estimate of drug-likeness (QED) is 0.460. The van der Waals surface area contributed by atoms with E-state index >= 15 is 0 Å². The highest BCUT2D eigenvalue weighted by Crippen LogP contribution is 2.17. The van der Waals surface area contributed by atoms with Crippen LogP contribution in [0.25, 0.3) is 6.08 Å². The number of benzene rings is 2. The molecule has 1 atom stereocenters. The lowest BCUT2D eigenvalue weighted by Gasteiger charge is -2.17. The molecule has 2 aromatic rings. The van der Waals surface area contributed by atoms with Gasteiger partial charge in [0.15, 0.2) is 11.6 Å². The number of nitrogens with one attached hydrogen (secondary N) is 2. The molecule has 0 saturated carbocycles. The predicted octanol–water partition coefficient (Wildman–Crippen LogP) is 2.49. The van der Waals surface area contributed by atoms with Gasteiger partial charge in [0.2, 0.25) is 11.8 Å². The van der Waals surface area contributed by atoms with E-state index in [9.17, 15) is 28.5 Å². The van der Waals surface area contributed by atoms with Crippen LogP contribution in [0.2, 0.25) is 0 Å². The van der Waals surface area contributed by atoms with Crippen LogP contribution < -0.4 is 10.6 Å². The average molecular weight is 375 g/mol. The molecule has 0 spiro atoms. The Hall–Kier alpha value is -3.62. The van der Waals surface area contributed by atoms with E-state index in [1.165, 1.54) is 43.5 Å². The molecular weight excluding hydrogens is 360 g/mol. The number of hydrogen-bond donors (Lipinski definition) is 2. The maximum Gasteiger partial charge on any atom is 0.269 e. The van der Waals surface area contributed by atoms with Crippen LogP contribution in [0.15, 0.2) is 48.5 Å². The number of likely N-dealkylation sites (N-methyl/N-ethyl adjacent to an activating group) is 1. The number of nitro benzene ring substituents is 1. The molecule has 2 N–H and O–H groups in total. The number of amides is 2. The first-order chi connectivity index (χ1) is 12.8. The van der Waals surface area contributed by atoms with Crippen LogP contribution in [0, 0.1) is 21.7 Å². The fraction of sp³-hybridized carbons (Fsp3) is 0.111. The number of carbonyl (C=O) groups is 2. The Labute approximate surface area is 152 Å². The zero-order valence-electron chi connectivity index (χ0n) is 14.1. The van der Waals surface area contributed by atoms with E-state index in [-0.39, 0.29) is 11.3 Å². The van der Waals surface area contributed by atoms with Gasteiger partial charge in [-0.3, -0.25) is 19.7 Å². The largest absolute Gasteiger partial charge is 0.357 e. The minimum atomic E-state index is -1.22. The van der Waals surface area contributed by atoms with Crippen molar-refractivity contribution in [3.8, 4) is 0 Å². The van der Waals surface area contributed by atoms with Gasteiger partial charge in [-0.2, -0.15) is 0 Å². The molecule has 0 aromatic heterocycles. The van der Waals surface area contributed by atoms with Gasteiger partial charge in [0, 0.05) is 25.3 Å². The lowest BCUT2D eigenvalue weighted by atomic mass is 10.1. The lowest BCUT2D eigenvalue weighted by molar-refractivity contribution is -0.384. The van der Waals surface area contributed by atoms with Gasteiger partial charge in [-0.05, 0) is 41.5 Å². The van der Waals surface area contributed by atoms with Crippen LogP contribution in [0.4, 0.5) is 14.5 Å². The minimum Gasteiger partial charge on any atom is -0.357 e. The third kappa shape index (κ3) is 5.18. The Morgan fingerprint density at radius 2 is 1.78 bits per heavy atom. The van der Waals surface area contributed by atoms with E-state index in [4.69, 9.17) is 0 Å². The Bertz CT molecular complexity index is 898. The van der Waals surface area contributed by atoms with Gasteiger partial charge in [0.25, 0.3) is 5.69 Å². The normalized spacial score (nSPS) is 11.8. The fourth-order valence-electron chi connectivity index (χ4n) is 2.21. The summed E-state index contributed by atoms with van der Waals surface area (Å²) < 4.78 is 26.5. The van der Waals surface area contributed by atoms with Crippen LogP contribution in [0.1, 0.15) is 17.2 Å². The summed E-state index contributed by atoms with van der Waals surface area (Å²) in [7, 11) is 1.34. The predicted molar refractivity (Wildman–Crippen MR) is 93.4 cm³/mol. The maximum absolute atomic E-state index is 13.4. The Kier molecular flexibility index (Phi) is 6.32. The number of nitrogens with zero attached hydrogens (tertiary/aromatic N) is 1. The summed E-state index contributed by atoms with van der Waals surface area (Å²) in [6.07, 6.45) is 2.52. The first kappa shape index (κ1) is 19.7. The molecule has 0 aliphatic heterocycles. The summed E-state index contributed by atoms with van der Waals surface area (Å²) in [5.41, 5.74) is 0.514. The summed E-state index contributed by atoms with van der Waals surface area (Å²) in [6, 6.07) is 7.13. The summed E-state index contributed by atoms with van der Waals surface area (Å²) >= 11 is 0. The van der Waals surface area contributed by atoms with Gasteiger partial charge in [-0.15, -0.1) is 0 Å². The summed E-state index contributed by atoms with van der Waals surface area (Å²) in [6.45, 7) is 0. The second-order valence-electron chi connectivity index (χ2n) is 5.41. The highest BCUT2D eigenvalue weighted by molar-refractivity contribution is 5.95. The average Bonchev–Trinajstić information content (AvgIpc) is 2.66. The maximum atomic E-state index is 13.4. The molecule has 2 amide bonds. The second-order valence-corrected chi connectivity index (χ2v) is 5.41. The van der Waals surface area contributed by atoms with Gasteiger partial charge in [-0.1, -0.05) is 6.07 Å². The molecule has 0 heterocycles. The van der Waals surface area contributed by atoms with E-state index in [2.05, 4.69) is 10.6 Å². The fourth-order valence-corrected chi connectivity index (χ4v) is 2.21. The number of nitro groups is 1. The molecule has 0 fully saturated rings. The highest BCUT2D eigenvalue weighted by Gasteiger charge is 2.22. The number of halogens is 2. The Balaban J connectivity index is 2.14. The third-order valence-corrected chi connectivity index (χ3v) is 3.60. The van der Waals surface area contributed by atoms with Crippen LogP contribution in [-0.2, 0) is 9.59 Å². The van der Waals surface area contributed by atoms with Crippen molar-refractivity contribution < 1.29 is 23.3 Å². The molecule has 27 heavy (non-hydrogen) atoms. The summed E-state index contributed by atoms with van der Waals surface area (Å²) in [5.74, 6) is -3.49. The molecule has 0 radical (unpaired) electrons. The number of non-ortho nitro benzene ring substituents is 1. The standard InChI is InChI=1S/C18H15F2N3O4/c1-21-18(25)17(12-5-8-14(19)15(20)10-12)22-16(24)9-4-11-2-6-13(7-3-11)23(26)27/h2-10,17H,1H3,(H,21,25)(H,22,24). The number of carbonyl (C=O) groups excluding carboxylic acids is 2. The van der Waals surface area contributed by atoms with Gasteiger partial charge in [0.1, 0.15) is 6.04 Å². The molecule has 0 bridgehead atoms.